The second-order valence-electron chi connectivity index (χ2n) is 7.39. The van der Waals surface area contributed by atoms with Crippen LogP contribution in [0.1, 0.15) is 39.6 Å². The Hall–Kier alpha value is -3.92. The summed E-state index contributed by atoms with van der Waals surface area (Å²) in [5, 5.41) is 7.90. The lowest BCUT2D eigenvalue weighted by molar-refractivity contribution is -0.137. The second kappa shape index (κ2) is 11.5. The molecule has 10 heteroatoms. The molecule has 0 saturated heterocycles. The van der Waals surface area contributed by atoms with Gasteiger partial charge in [0.1, 0.15) is 5.75 Å². The van der Waals surface area contributed by atoms with Gasteiger partial charge >= 0.3 is 6.18 Å². The summed E-state index contributed by atoms with van der Waals surface area (Å²) in [4.78, 5) is 24.8. The first-order valence-corrected chi connectivity index (χ1v) is 11.0. The van der Waals surface area contributed by atoms with E-state index in [0.717, 1.165) is 18.6 Å². The number of nitrogens with one attached hydrogen (secondary N) is 3. The van der Waals surface area contributed by atoms with Gasteiger partial charge in [-0.05, 0) is 85.4 Å². The third-order valence-corrected chi connectivity index (χ3v) is 4.87. The summed E-state index contributed by atoms with van der Waals surface area (Å²) >= 11 is 5.17. The van der Waals surface area contributed by atoms with Crippen LogP contribution in [0.25, 0.3) is 0 Å². The van der Waals surface area contributed by atoms with Crippen LogP contribution in [0.4, 0.5) is 24.5 Å². The predicted molar refractivity (Wildman–Crippen MR) is 132 cm³/mol. The van der Waals surface area contributed by atoms with Crippen molar-refractivity contribution in [1.29, 1.82) is 0 Å². The van der Waals surface area contributed by atoms with Crippen molar-refractivity contribution in [2.75, 3.05) is 17.2 Å². The highest BCUT2D eigenvalue weighted by Gasteiger charge is 2.30. The molecule has 0 unspecified atom stereocenters. The minimum absolute atomic E-state index is 0.0286. The van der Waals surface area contributed by atoms with Crippen LogP contribution in [0.3, 0.4) is 0 Å². The maximum absolute atomic E-state index is 12.8. The van der Waals surface area contributed by atoms with Crippen molar-refractivity contribution in [3.05, 3.63) is 89.5 Å². The van der Waals surface area contributed by atoms with E-state index in [2.05, 4.69) is 16.0 Å². The number of amides is 2. The Morgan fingerprint density at radius 1 is 0.857 bits per heavy atom. The number of ether oxygens (including phenoxy) is 1. The number of alkyl halides is 3. The summed E-state index contributed by atoms with van der Waals surface area (Å²) in [5.74, 6) is -0.305. The molecule has 3 aromatic carbocycles. The van der Waals surface area contributed by atoms with Gasteiger partial charge in [0.15, 0.2) is 5.11 Å². The van der Waals surface area contributed by atoms with E-state index in [4.69, 9.17) is 17.0 Å². The number of hydrogen-bond acceptors (Lipinski definition) is 4. The normalized spacial score (nSPS) is 10.9. The number of carbonyl (C=O) groups is 2. The molecule has 0 heterocycles. The summed E-state index contributed by atoms with van der Waals surface area (Å²) in [6, 6.07) is 17.1. The molecule has 0 spiro atoms. The Bertz CT molecular complexity index is 1200. The largest absolute Gasteiger partial charge is 0.494 e. The van der Waals surface area contributed by atoms with Crippen molar-refractivity contribution < 1.29 is 27.5 Å². The van der Waals surface area contributed by atoms with Gasteiger partial charge in [0, 0.05) is 22.5 Å². The first-order chi connectivity index (χ1) is 16.7. The predicted octanol–water partition coefficient (Wildman–Crippen LogP) is 5.87. The number of hydrogen-bond donors (Lipinski definition) is 3. The fourth-order valence-corrected chi connectivity index (χ4v) is 3.15. The number of benzene rings is 3. The van der Waals surface area contributed by atoms with E-state index in [1.165, 1.54) is 24.3 Å². The Morgan fingerprint density at radius 3 is 2.11 bits per heavy atom. The standard InChI is InChI=1S/C25H22F3N3O3S/c1-2-14-34-21-12-8-17(9-13-21)23(33)31-24(35)30-19-10-6-16(7-11-19)22(32)29-20-5-3-4-18(15-20)25(26,27)28/h3-13,15H,2,14H2,1H3,(H,29,32)(H2,30,31,33,35). The summed E-state index contributed by atoms with van der Waals surface area (Å²) in [6.07, 6.45) is -3.63. The highest BCUT2D eigenvalue weighted by molar-refractivity contribution is 7.80. The van der Waals surface area contributed by atoms with Gasteiger partial charge in [-0.2, -0.15) is 13.2 Å². The molecule has 0 saturated carbocycles. The lowest BCUT2D eigenvalue weighted by Gasteiger charge is -2.12. The fraction of sp³-hybridized carbons (Fsp3) is 0.160. The van der Waals surface area contributed by atoms with Gasteiger partial charge in [-0.25, -0.2) is 0 Å². The van der Waals surface area contributed by atoms with Crippen molar-refractivity contribution in [2.45, 2.75) is 19.5 Å². The lowest BCUT2D eigenvalue weighted by atomic mass is 10.1. The molecule has 0 bridgehead atoms. The Morgan fingerprint density at radius 2 is 1.49 bits per heavy atom. The molecule has 0 aliphatic carbocycles. The summed E-state index contributed by atoms with van der Waals surface area (Å²) in [6.45, 7) is 2.59. The minimum Gasteiger partial charge on any atom is -0.494 e. The fourth-order valence-electron chi connectivity index (χ4n) is 2.94. The number of carbonyl (C=O) groups excluding carboxylic acids is 2. The Balaban J connectivity index is 1.54. The monoisotopic (exact) mass is 501 g/mol. The molecule has 2 amide bonds. The third-order valence-electron chi connectivity index (χ3n) is 4.67. The van der Waals surface area contributed by atoms with Gasteiger partial charge in [-0.1, -0.05) is 13.0 Å². The summed E-state index contributed by atoms with van der Waals surface area (Å²) in [5.41, 5.74) is 0.314. The molecule has 0 radical (unpaired) electrons. The summed E-state index contributed by atoms with van der Waals surface area (Å²) < 4.78 is 44.0. The van der Waals surface area contributed by atoms with Gasteiger partial charge in [-0.15, -0.1) is 0 Å². The highest BCUT2D eigenvalue weighted by atomic mass is 32.1. The number of thiocarbonyl (C=S) groups is 1. The van der Waals surface area contributed by atoms with Crippen LogP contribution in [0.15, 0.2) is 72.8 Å². The zero-order chi connectivity index (χ0) is 25.4. The molecule has 0 fully saturated rings. The van der Waals surface area contributed by atoms with E-state index in [-0.39, 0.29) is 16.4 Å². The van der Waals surface area contributed by atoms with Crippen LogP contribution in [-0.2, 0) is 6.18 Å². The lowest BCUT2D eigenvalue weighted by Crippen LogP contribution is -2.34. The minimum atomic E-state index is -4.51. The number of rotatable bonds is 7. The maximum Gasteiger partial charge on any atom is 0.416 e. The second-order valence-corrected chi connectivity index (χ2v) is 7.80. The van der Waals surface area contributed by atoms with Crippen LogP contribution < -0.4 is 20.7 Å². The molecule has 0 aromatic heterocycles. The Kier molecular flexibility index (Phi) is 8.43. The molecule has 35 heavy (non-hydrogen) atoms. The molecule has 3 N–H and O–H groups in total. The SMILES string of the molecule is CCCOc1ccc(C(=O)NC(=S)Nc2ccc(C(=O)Nc3cccc(C(F)(F)F)c3)cc2)cc1. The molecule has 3 aromatic rings. The quantitative estimate of drug-likeness (QED) is 0.353. The van der Waals surface area contributed by atoms with Crippen LogP contribution in [-0.4, -0.2) is 23.5 Å². The van der Waals surface area contributed by atoms with Gasteiger partial charge < -0.3 is 15.4 Å². The first kappa shape index (κ1) is 25.7. The first-order valence-electron chi connectivity index (χ1n) is 10.6. The highest BCUT2D eigenvalue weighted by Crippen LogP contribution is 2.30. The van der Waals surface area contributed by atoms with Crippen LogP contribution >= 0.6 is 12.2 Å². The van der Waals surface area contributed by atoms with E-state index in [1.807, 2.05) is 6.92 Å². The molecule has 0 aliphatic heterocycles. The van der Waals surface area contributed by atoms with E-state index in [9.17, 15) is 22.8 Å². The zero-order valence-electron chi connectivity index (χ0n) is 18.6. The van der Waals surface area contributed by atoms with Crippen molar-refractivity contribution in [3.8, 4) is 5.75 Å². The maximum atomic E-state index is 12.8. The molecular formula is C25H22F3N3O3S. The average Bonchev–Trinajstić information content (AvgIpc) is 2.83. The van der Waals surface area contributed by atoms with Crippen LogP contribution in [0.2, 0.25) is 0 Å². The van der Waals surface area contributed by atoms with Crippen LogP contribution in [0, 0.1) is 0 Å². The topological polar surface area (TPSA) is 79.5 Å². The van der Waals surface area contributed by atoms with E-state index in [1.54, 1.807) is 36.4 Å². The molecule has 0 aliphatic rings. The van der Waals surface area contributed by atoms with Gasteiger partial charge in [0.25, 0.3) is 11.8 Å². The van der Waals surface area contributed by atoms with E-state index in [0.29, 0.717) is 23.6 Å². The van der Waals surface area contributed by atoms with E-state index < -0.39 is 23.6 Å². The van der Waals surface area contributed by atoms with Crippen molar-refractivity contribution in [2.24, 2.45) is 0 Å². The number of anilines is 2. The van der Waals surface area contributed by atoms with E-state index >= 15 is 0 Å². The molecule has 6 nitrogen and oxygen atoms in total. The Labute approximate surface area is 205 Å². The van der Waals surface area contributed by atoms with Gasteiger partial charge in [0.2, 0.25) is 0 Å². The smallest absolute Gasteiger partial charge is 0.416 e. The van der Waals surface area contributed by atoms with Gasteiger partial charge in [-0.3, -0.25) is 14.9 Å². The molecule has 182 valence electrons. The molecule has 0 atom stereocenters. The zero-order valence-corrected chi connectivity index (χ0v) is 19.4. The summed E-state index contributed by atoms with van der Waals surface area (Å²) in [7, 11) is 0. The van der Waals surface area contributed by atoms with Crippen LogP contribution in [0.5, 0.6) is 5.75 Å². The average molecular weight is 502 g/mol. The van der Waals surface area contributed by atoms with Crippen molar-refractivity contribution in [3.63, 3.8) is 0 Å². The number of halogens is 3. The van der Waals surface area contributed by atoms with Gasteiger partial charge in [0.05, 0.1) is 12.2 Å². The van der Waals surface area contributed by atoms with Crippen molar-refractivity contribution in [1.82, 2.24) is 5.32 Å². The third kappa shape index (κ3) is 7.54. The van der Waals surface area contributed by atoms with Crippen molar-refractivity contribution >= 4 is 40.5 Å². The molecule has 3 rings (SSSR count). The molecular weight excluding hydrogens is 479 g/mol.